The molecule has 1 aliphatic carbocycles. The lowest BCUT2D eigenvalue weighted by molar-refractivity contribution is -0.116. The van der Waals surface area contributed by atoms with E-state index in [9.17, 15) is 14.4 Å². The van der Waals surface area contributed by atoms with Gasteiger partial charge in [0, 0.05) is 60.5 Å². The average molecular weight is 435 g/mol. The van der Waals surface area contributed by atoms with Gasteiger partial charge in [-0.15, -0.1) is 0 Å². The highest BCUT2D eigenvalue weighted by molar-refractivity contribution is 6.24. The number of aromatic amines is 1. The van der Waals surface area contributed by atoms with Crippen LogP contribution in [0.25, 0.3) is 11.0 Å². The highest BCUT2D eigenvalue weighted by Crippen LogP contribution is 2.27. The van der Waals surface area contributed by atoms with Gasteiger partial charge in [-0.3, -0.25) is 14.4 Å². The highest BCUT2D eigenvalue weighted by atomic mass is 16.2. The van der Waals surface area contributed by atoms with E-state index in [4.69, 9.17) is 0 Å². The van der Waals surface area contributed by atoms with Crippen LogP contribution >= 0.6 is 0 Å². The number of hydrogen-bond acceptors (Lipinski definition) is 5. The average Bonchev–Trinajstić information content (AvgIpc) is 3.20. The minimum atomic E-state index is -0.0293. The number of carbonyl (C=O) groups is 3. The van der Waals surface area contributed by atoms with Crippen LogP contribution in [0.3, 0.4) is 0 Å². The van der Waals surface area contributed by atoms with Gasteiger partial charge in [0.2, 0.25) is 0 Å². The second-order valence-corrected chi connectivity index (χ2v) is 8.88. The Balaban J connectivity index is 1.42. The van der Waals surface area contributed by atoms with Crippen molar-refractivity contribution in [3.63, 3.8) is 0 Å². The Bertz CT molecular complexity index is 1160. The first-order valence-corrected chi connectivity index (χ1v) is 11.2. The molecule has 32 heavy (non-hydrogen) atoms. The van der Waals surface area contributed by atoms with Gasteiger partial charge < -0.3 is 14.8 Å². The Labute approximate surface area is 188 Å². The van der Waals surface area contributed by atoms with Crippen LogP contribution in [0.5, 0.6) is 0 Å². The summed E-state index contributed by atoms with van der Waals surface area (Å²) in [5.41, 5.74) is 4.62. The summed E-state index contributed by atoms with van der Waals surface area (Å²) in [5.74, 6) is 0.827. The fourth-order valence-corrected chi connectivity index (χ4v) is 4.40. The molecule has 0 bridgehead atoms. The molecule has 0 unspecified atom stereocenters. The number of nitrogens with one attached hydrogen (secondary N) is 1. The van der Waals surface area contributed by atoms with Gasteiger partial charge in [0.25, 0.3) is 5.91 Å². The third-order valence-corrected chi connectivity index (χ3v) is 6.72. The summed E-state index contributed by atoms with van der Waals surface area (Å²) in [6.07, 6.45) is 1.92. The number of nitrogens with zero attached hydrogens (tertiary/aromatic N) is 3. The summed E-state index contributed by atoms with van der Waals surface area (Å²) in [5, 5.41) is 0. The molecule has 0 spiro atoms. The number of carbonyl (C=O) groups excluding carboxylic acids is 3. The van der Waals surface area contributed by atoms with Crippen LogP contribution in [0.15, 0.2) is 40.5 Å². The molecule has 1 aromatic heterocycles. The molecule has 2 heterocycles. The Morgan fingerprint density at radius 3 is 2.38 bits per heavy atom. The maximum Gasteiger partial charge on any atom is 0.254 e. The Morgan fingerprint density at radius 2 is 1.66 bits per heavy atom. The van der Waals surface area contributed by atoms with Gasteiger partial charge >= 0.3 is 0 Å². The first-order chi connectivity index (χ1) is 15.3. The van der Waals surface area contributed by atoms with E-state index in [-0.39, 0.29) is 17.5 Å². The van der Waals surface area contributed by atoms with E-state index < -0.39 is 0 Å². The van der Waals surface area contributed by atoms with Crippen molar-refractivity contribution in [2.75, 3.05) is 33.2 Å². The Kier molecular flexibility index (Phi) is 6.11. The molecule has 1 saturated heterocycles. The van der Waals surface area contributed by atoms with Crippen LogP contribution in [-0.4, -0.2) is 70.5 Å². The molecule has 1 aliphatic heterocycles. The lowest BCUT2D eigenvalue weighted by Crippen LogP contribution is -2.47. The minimum Gasteiger partial charge on any atom is -0.342 e. The molecule has 0 atom stereocenters. The topological polar surface area (TPSA) is 86.4 Å². The first kappa shape index (κ1) is 22.1. The summed E-state index contributed by atoms with van der Waals surface area (Å²) in [4.78, 5) is 49.9. The van der Waals surface area contributed by atoms with Gasteiger partial charge in [0.05, 0.1) is 11.0 Å². The minimum absolute atomic E-state index is 0.0173. The number of aromatic nitrogens is 2. The lowest BCUT2D eigenvalue weighted by Gasteiger charge is -2.32. The maximum absolute atomic E-state index is 12.8. The normalized spacial score (nSPS) is 18.3. The predicted molar refractivity (Wildman–Crippen MR) is 124 cm³/mol. The fraction of sp³-hybridized carbons (Fsp3) is 0.440. The van der Waals surface area contributed by atoms with Gasteiger partial charge in [-0.05, 0) is 58.9 Å². The number of imidazole rings is 1. The largest absolute Gasteiger partial charge is 0.342 e. The smallest absolute Gasteiger partial charge is 0.254 e. The number of benzene rings is 1. The Hall–Kier alpha value is -3.06. The van der Waals surface area contributed by atoms with Gasteiger partial charge in [-0.1, -0.05) is 0 Å². The van der Waals surface area contributed by atoms with Crippen molar-refractivity contribution in [3.05, 3.63) is 51.9 Å². The number of ketones is 2. The number of H-pyrrole nitrogens is 1. The SMILES string of the molecule is CC1=C(C)C(=O)C(CCCc2nc3ccc(C(=O)N4CCN(C)CC4)cc3[nH]2)=C(C)C1=O. The van der Waals surface area contributed by atoms with E-state index in [0.29, 0.717) is 47.1 Å². The van der Waals surface area contributed by atoms with Crippen molar-refractivity contribution in [3.8, 4) is 0 Å². The number of Topliss-reactive ketones (excluding diaryl/α,β-unsaturated/α-hetero) is 2. The molecule has 4 rings (SSSR count). The molecule has 168 valence electrons. The number of rotatable bonds is 5. The number of allylic oxidation sites excluding steroid dienone is 4. The zero-order valence-corrected chi connectivity index (χ0v) is 19.2. The number of likely N-dealkylation sites (N-methyl/N-ethyl adjacent to an activating group) is 1. The number of piperazine rings is 1. The molecule has 2 aliphatic rings. The highest BCUT2D eigenvalue weighted by Gasteiger charge is 2.27. The van der Waals surface area contributed by atoms with Gasteiger partial charge in [-0.2, -0.15) is 0 Å². The molecule has 1 N–H and O–H groups in total. The fourth-order valence-electron chi connectivity index (χ4n) is 4.40. The molecular weight excluding hydrogens is 404 g/mol. The summed E-state index contributed by atoms with van der Waals surface area (Å²) in [7, 11) is 2.07. The van der Waals surface area contributed by atoms with E-state index in [1.54, 1.807) is 20.8 Å². The van der Waals surface area contributed by atoms with Crippen molar-refractivity contribution < 1.29 is 14.4 Å². The number of hydrogen-bond donors (Lipinski definition) is 1. The lowest BCUT2D eigenvalue weighted by atomic mass is 9.84. The third-order valence-electron chi connectivity index (χ3n) is 6.72. The quantitative estimate of drug-likeness (QED) is 0.731. The molecular formula is C25H30N4O3. The van der Waals surface area contributed by atoms with Crippen LogP contribution in [-0.2, 0) is 16.0 Å². The molecule has 7 nitrogen and oxygen atoms in total. The Morgan fingerprint density at radius 1 is 0.969 bits per heavy atom. The van der Waals surface area contributed by atoms with E-state index in [1.165, 1.54) is 0 Å². The van der Waals surface area contributed by atoms with Crippen molar-refractivity contribution in [1.82, 2.24) is 19.8 Å². The second kappa shape index (κ2) is 8.82. The van der Waals surface area contributed by atoms with Crippen LogP contribution in [0.2, 0.25) is 0 Å². The van der Waals surface area contributed by atoms with Crippen LogP contribution in [0.4, 0.5) is 0 Å². The second-order valence-electron chi connectivity index (χ2n) is 8.88. The van der Waals surface area contributed by atoms with Crippen LogP contribution in [0, 0.1) is 0 Å². The van der Waals surface area contributed by atoms with Crippen LogP contribution < -0.4 is 0 Å². The van der Waals surface area contributed by atoms with Crippen LogP contribution in [0.1, 0.15) is 49.8 Å². The van der Waals surface area contributed by atoms with E-state index in [0.717, 1.165) is 43.0 Å². The summed E-state index contributed by atoms with van der Waals surface area (Å²) in [6.45, 7) is 8.45. The summed E-state index contributed by atoms with van der Waals surface area (Å²) in [6, 6.07) is 5.59. The molecule has 1 aromatic carbocycles. The third kappa shape index (κ3) is 4.17. The van der Waals surface area contributed by atoms with Crippen molar-refractivity contribution in [2.45, 2.75) is 40.0 Å². The number of amides is 1. The maximum atomic E-state index is 12.8. The summed E-state index contributed by atoms with van der Waals surface area (Å²) >= 11 is 0. The summed E-state index contributed by atoms with van der Waals surface area (Å²) < 4.78 is 0. The zero-order chi connectivity index (χ0) is 23.0. The van der Waals surface area contributed by atoms with Gasteiger partial charge in [0.1, 0.15) is 5.82 Å². The van der Waals surface area contributed by atoms with Gasteiger partial charge in [-0.25, -0.2) is 4.98 Å². The number of fused-ring (bicyclic) bond motifs is 1. The van der Waals surface area contributed by atoms with E-state index >= 15 is 0 Å². The standard InChI is InChI=1S/C25H30N4O3/c1-15-16(2)24(31)19(17(3)23(15)30)6-5-7-22-26-20-9-8-18(14-21(20)27-22)25(32)29-12-10-28(4)11-13-29/h8-9,14H,5-7,10-13H2,1-4H3,(H,26,27). The predicted octanol–water partition coefficient (Wildman–Crippen LogP) is 3.08. The van der Waals surface area contributed by atoms with Gasteiger partial charge in [0.15, 0.2) is 11.6 Å². The molecule has 7 heteroatoms. The monoisotopic (exact) mass is 434 g/mol. The zero-order valence-electron chi connectivity index (χ0n) is 19.2. The molecule has 0 saturated carbocycles. The molecule has 1 amide bonds. The van der Waals surface area contributed by atoms with E-state index in [2.05, 4.69) is 21.9 Å². The number of aryl methyl sites for hydroxylation is 1. The van der Waals surface area contributed by atoms with Crippen molar-refractivity contribution in [2.24, 2.45) is 0 Å². The molecule has 2 aromatic rings. The van der Waals surface area contributed by atoms with Crippen molar-refractivity contribution >= 4 is 28.5 Å². The van der Waals surface area contributed by atoms with Crippen molar-refractivity contribution in [1.29, 1.82) is 0 Å². The molecule has 0 radical (unpaired) electrons. The van der Waals surface area contributed by atoms with E-state index in [1.807, 2.05) is 23.1 Å². The first-order valence-electron chi connectivity index (χ1n) is 11.2. The molecule has 1 fully saturated rings.